The van der Waals surface area contributed by atoms with Gasteiger partial charge in [-0.3, -0.25) is 9.59 Å². The summed E-state index contributed by atoms with van der Waals surface area (Å²) in [7, 11) is -2.62. The molecule has 1 fully saturated rings. The van der Waals surface area contributed by atoms with Gasteiger partial charge in [-0.2, -0.15) is 4.31 Å². The first-order chi connectivity index (χ1) is 19.4. The number of fused-ring (bicyclic) bond motifs is 1. The quantitative estimate of drug-likeness (QED) is 0.308. The lowest BCUT2D eigenvalue weighted by Gasteiger charge is -2.34. The molecule has 4 rings (SSSR count). The van der Waals surface area contributed by atoms with E-state index >= 15 is 0 Å². The van der Waals surface area contributed by atoms with Crippen molar-refractivity contribution in [2.24, 2.45) is 5.41 Å². The fraction of sp³-hybridized carbons (Fsp3) is 0.517. The molecule has 2 heterocycles. The molecule has 0 aromatic heterocycles. The van der Waals surface area contributed by atoms with Gasteiger partial charge in [0, 0.05) is 19.7 Å². The first-order valence-corrected chi connectivity index (χ1v) is 15.2. The Morgan fingerprint density at radius 2 is 1.80 bits per heavy atom. The zero-order chi connectivity index (χ0) is 29.8. The van der Waals surface area contributed by atoms with Crippen LogP contribution in [0.5, 0.6) is 11.5 Å². The molecule has 41 heavy (non-hydrogen) atoms. The predicted octanol–water partition coefficient (Wildman–Crippen LogP) is 1.41. The summed E-state index contributed by atoms with van der Waals surface area (Å²) < 4.78 is 38.3. The van der Waals surface area contributed by atoms with Crippen molar-refractivity contribution in [2.75, 3.05) is 26.9 Å². The average Bonchev–Trinajstić information content (AvgIpc) is 3.63. The second-order valence-corrected chi connectivity index (χ2v) is 13.7. The number of aliphatic hydroxyl groups is 1. The smallest absolute Gasteiger partial charge is 0.243 e. The predicted molar refractivity (Wildman–Crippen MR) is 153 cm³/mol. The Morgan fingerprint density at radius 1 is 1.10 bits per heavy atom. The minimum absolute atomic E-state index is 0.00359. The van der Waals surface area contributed by atoms with Gasteiger partial charge in [0.15, 0.2) is 11.5 Å². The average molecular weight is 589 g/mol. The van der Waals surface area contributed by atoms with Gasteiger partial charge in [-0.25, -0.2) is 8.42 Å². The van der Waals surface area contributed by atoms with Gasteiger partial charge in [-0.1, -0.05) is 51.1 Å². The number of hydrogen-bond donors (Lipinski definition) is 4. The van der Waals surface area contributed by atoms with Crippen LogP contribution in [-0.4, -0.2) is 80.8 Å². The van der Waals surface area contributed by atoms with Crippen molar-refractivity contribution in [3.63, 3.8) is 0 Å². The number of nitrogens with one attached hydrogen (secondary N) is 3. The van der Waals surface area contributed by atoms with E-state index in [4.69, 9.17) is 9.47 Å². The van der Waals surface area contributed by atoms with Gasteiger partial charge in [-0.15, -0.1) is 0 Å². The summed E-state index contributed by atoms with van der Waals surface area (Å²) in [6, 6.07) is 11.6. The number of benzene rings is 2. The van der Waals surface area contributed by atoms with E-state index in [1.54, 1.807) is 0 Å². The van der Waals surface area contributed by atoms with Crippen molar-refractivity contribution < 1.29 is 32.6 Å². The van der Waals surface area contributed by atoms with Crippen LogP contribution in [0.15, 0.2) is 53.4 Å². The Kier molecular flexibility index (Phi) is 9.58. The Labute approximate surface area is 241 Å². The highest BCUT2D eigenvalue weighted by Gasteiger charge is 2.37. The molecule has 0 unspecified atom stereocenters. The first kappa shape index (κ1) is 30.8. The van der Waals surface area contributed by atoms with Crippen LogP contribution in [0.1, 0.15) is 39.2 Å². The summed E-state index contributed by atoms with van der Waals surface area (Å²) in [6.07, 6.45) is 0.573. The highest BCUT2D eigenvalue weighted by molar-refractivity contribution is 7.89. The SMILES string of the molecule is CN(C[C@@H](O)[C@H](Cc1ccccc1)NC(=O)[C@@H](NC(=O)[C@@H]1CCCN1)C(C)(C)C)S(=O)(=O)c1ccc2c(c1)OCO2. The van der Waals surface area contributed by atoms with Crippen molar-refractivity contribution in [1.29, 1.82) is 0 Å². The third kappa shape index (κ3) is 7.56. The summed E-state index contributed by atoms with van der Waals surface area (Å²) in [5, 5.41) is 20.3. The molecule has 4 N–H and O–H groups in total. The molecule has 11 nitrogen and oxygen atoms in total. The largest absolute Gasteiger partial charge is 0.454 e. The van der Waals surface area contributed by atoms with Crippen LogP contribution < -0.4 is 25.4 Å². The lowest BCUT2D eigenvalue weighted by atomic mass is 9.85. The Balaban J connectivity index is 1.52. The Bertz CT molecular complexity index is 1320. The number of sulfonamides is 1. The molecular weight excluding hydrogens is 548 g/mol. The molecule has 2 aliphatic rings. The van der Waals surface area contributed by atoms with Crippen LogP contribution in [0, 0.1) is 5.41 Å². The molecule has 0 saturated carbocycles. The number of aliphatic hydroxyl groups excluding tert-OH is 1. The van der Waals surface area contributed by atoms with Crippen molar-refractivity contribution >= 4 is 21.8 Å². The topological polar surface area (TPSA) is 146 Å². The van der Waals surface area contributed by atoms with E-state index < -0.39 is 39.5 Å². The highest BCUT2D eigenvalue weighted by Crippen LogP contribution is 2.34. The maximum atomic E-state index is 13.6. The number of ether oxygens (including phenoxy) is 2. The van der Waals surface area contributed by atoms with Gasteiger partial charge in [0.05, 0.1) is 23.1 Å². The summed E-state index contributed by atoms with van der Waals surface area (Å²) in [5.41, 5.74) is 0.227. The zero-order valence-electron chi connectivity index (χ0n) is 23.9. The van der Waals surface area contributed by atoms with Gasteiger partial charge in [-0.05, 0) is 48.9 Å². The van der Waals surface area contributed by atoms with E-state index in [9.17, 15) is 23.1 Å². The van der Waals surface area contributed by atoms with Crippen LogP contribution in [0.4, 0.5) is 0 Å². The van der Waals surface area contributed by atoms with Gasteiger partial charge in [0.1, 0.15) is 6.04 Å². The zero-order valence-corrected chi connectivity index (χ0v) is 24.7. The fourth-order valence-electron chi connectivity index (χ4n) is 4.95. The maximum absolute atomic E-state index is 13.6. The van der Waals surface area contributed by atoms with Crippen molar-refractivity contribution in [1.82, 2.24) is 20.3 Å². The second kappa shape index (κ2) is 12.8. The van der Waals surface area contributed by atoms with Crippen molar-refractivity contribution in [2.45, 2.75) is 69.2 Å². The van der Waals surface area contributed by atoms with Gasteiger partial charge in [0.25, 0.3) is 0 Å². The third-order valence-electron chi connectivity index (χ3n) is 7.38. The maximum Gasteiger partial charge on any atom is 0.243 e. The molecule has 0 radical (unpaired) electrons. The van der Waals surface area contributed by atoms with E-state index in [1.807, 2.05) is 51.1 Å². The van der Waals surface area contributed by atoms with Crippen LogP contribution >= 0.6 is 0 Å². The van der Waals surface area contributed by atoms with Crippen LogP contribution in [0.25, 0.3) is 0 Å². The number of likely N-dealkylation sites (N-methyl/N-ethyl adjacent to an activating group) is 1. The van der Waals surface area contributed by atoms with Gasteiger partial charge in [0.2, 0.25) is 28.6 Å². The first-order valence-electron chi connectivity index (χ1n) is 13.8. The van der Waals surface area contributed by atoms with E-state index in [-0.39, 0.29) is 36.6 Å². The molecule has 0 spiro atoms. The van der Waals surface area contributed by atoms with Crippen molar-refractivity contribution in [3.8, 4) is 11.5 Å². The highest BCUT2D eigenvalue weighted by atomic mass is 32.2. The minimum Gasteiger partial charge on any atom is -0.454 e. The number of carbonyl (C=O) groups excluding carboxylic acids is 2. The molecule has 0 aliphatic carbocycles. The molecule has 2 amide bonds. The molecule has 2 aromatic rings. The normalized spacial score (nSPS) is 19.0. The Morgan fingerprint density at radius 3 is 2.46 bits per heavy atom. The molecular formula is C29H40N4O7S. The summed E-state index contributed by atoms with van der Waals surface area (Å²) in [5.74, 6) is 0.0937. The van der Waals surface area contributed by atoms with Crippen LogP contribution in [0.2, 0.25) is 0 Å². The number of hydrogen-bond acceptors (Lipinski definition) is 8. The van der Waals surface area contributed by atoms with Crippen LogP contribution in [-0.2, 0) is 26.0 Å². The molecule has 1 saturated heterocycles. The fourth-order valence-corrected chi connectivity index (χ4v) is 6.15. The molecule has 4 atom stereocenters. The lowest BCUT2D eigenvalue weighted by molar-refractivity contribution is -0.133. The number of rotatable bonds is 11. The standard InChI is InChI=1S/C29H40N4O7S/c1-29(2,3)26(32-27(35)21-11-8-14-30-21)28(36)31-22(15-19-9-6-5-7-10-19)23(34)17-33(4)41(37,38)20-12-13-24-25(16-20)40-18-39-24/h5-7,9-10,12-13,16,21-23,26,30,34H,8,11,14-15,17-18H2,1-4H3,(H,31,36)(H,32,35)/t21-,22-,23+,26+/m0/s1. The molecule has 0 bridgehead atoms. The summed E-state index contributed by atoms with van der Waals surface area (Å²) in [6.45, 7) is 6.04. The van der Waals surface area contributed by atoms with E-state index in [1.165, 1.54) is 25.2 Å². The molecule has 2 aromatic carbocycles. The number of nitrogens with zero attached hydrogens (tertiary/aromatic N) is 1. The van der Waals surface area contributed by atoms with E-state index in [0.29, 0.717) is 17.9 Å². The molecule has 224 valence electrons. The number of carbonyl (C=O) groups is 2. The summed E-state index contributed by atoms with van der Waals surface area (Å²) in [4.78, 5) is 26.5. The lowest BCUT2D eigenvalue weighted by Crippen LogP contribution is -2.60. The summed E-state index contributed by atoms with van der Waals surface area (Å²) >= 11 is 0. The second-order valence-electron chi connectivity index (χ2n) is 11.6. The monoisotopic (exact) mass is 588 g/mol. The van der Waals surface area contributed by atoms with Gasteiger partial charge < -0.3 is 30.5 Å². The van der Waals surface area contributed by atoms with E-state index in [0.717, 1.165) is 22.8 Å². The molecule has 2 aliphatic heterocycles. The minimum atomic E-state index is -3.99. The third-order valence-corrected chi connectivity index (χ3v) is 9.20. The van der Waals surface area contributed by atoms with Crippen LogP contribution in [0.3, 0.4) is 0 Å². The molecule has 12 heteroatoms. The van der Waals surface area contributed by atoms with Crippen molar-refractivity contribution in [3.05, 3.63) is 54.1 Å². The van der Waals surface area contributed by atoms with E-state index in [2.05, 4.69) is 16.0 Å². The Hall–Kier alpha value is -3.19. The van der Waals surface area contributed by atoms with Gasteiger partial charge >= 0.3 is 0 Å². The number of amides is 2.